The number of nitrogens with zero attached hydrogens (tertiary/aromatic N) is 3. The lowest BCUT2D eigenvalue weighted by Crippen LogP contribution is -2.49. The van der Waals surface area contributed by atoms with Gasteiger partial charge in [-0.25, -0.2) is 12.8 Å². The van der Waals surface area contributed by atoms with Gasteiger partial charge in [-0.05, 0) is 35.7 Å². The average Bonchev–Trinajstić information content (AvgIpc) is 3.25. The molecule has 2 aliphatic rings. The van der Waals surface area contributed by atoms with Crippen LogP contribution in [0.4, 0.5) is 10.1 Å². The fourth-order valence-corrected chi connectivity index (χ4v) is 7.48. The largest absolute Gasteiger partial charge is 0.368 e. The number of benzene rings is 1. The molecule has 0 bridgehead atoms. The van der Waals surface area contributed by atoms with E-state index in [1.807, 2.05) is 0 Å². The third-order valence-corrected chi connectivity index (χ3v) is 9.08. The highest BCUT2D eigenvalue weighted by atomic mass is 32.2. The molecule has 0 spiro atoms. The molecule has 2 fully saturated rings. The summed E-state index contributed by atoms with van der Waals surface area (Å²) >= 11 is 2.92. The maximum atomic E-state index is 13.1. The van der Waals surface area contributed by atoms with Crippen LogP contribution in [0.15, 0.2) is 40.6 Å². The molecule has 29 heavy (non-hydrogen) atoms. The Morgan fingerprint density at radius 1 is 0.931 bits per heavy atom. The van der Waals surface area contributed by atoms with Crippen molar-refractivity contribution in [2.75, 3.05) is 55.7 Å². The van der Waals surface area contributed by atoms with E-state index in [0.717, 1.165) is 17.2 Å². The summed E-state index contributed by atoms with van der Waals surface area (Å²) in [4.78, 5) is 17.3. The van der Waals surface area contributed by atoms with Crippen molar-refractivity contribution in [1.29, 1.82) is 0 Å². The van der Waals surface area contributed by atoms with Crippen LogP contribution in [0.1, 0.15) is 9.67 Å². The van der Waals surface area contributed by atoms with Crippen LogP contribution >= 0.6 is 23.1 Å². The molecule has 0 N–H and O–H groups in total. The van der Waals surface area contributed by atoms with Crippen LogP contribution < -0.4 is 4.90 Å². The number of carbonyl (C=O) groups is 1. The Morgan fingerprint density at radius 2 is 1.59 bits per heavy atom. The van der Waals surface area contributed by atoms with E-state index in [-0.39, 0.29) is 16.6 Å². The van der Waals surface area contributed by atoms with Crippen LogP contribution in [0, 0.1) is 5.82 Å². The minimum absolute atomic E-state index is 0.125. The van der Waals surface area contributed by atoms with E-state index in [1.54, 1.807) is 40.2 Å². The molecule has 0 radical (unpaired) electrons. The van der Waals surface area contributed by atoms with E-state index in [2.05, 4.69) is 4.90 Å². The van der Waals surface area contributed by atoms with E-state index >= 15 is 0 Å². The topological polar surface area (TPSA) is 60.9 Å². The predicted molar refractivity (Wildman–Crippen MR) is 115 cm³/mol. The van der Waals surface area contributed by atoms with Gasteiger partial charge in [-0.2, -0.15) is 16.1 Å². The molecule has 0 unspecified atom stereocenters. The van der Waals surface area contributed by atoms with E-state index < -0.39 is 10.0 Å². The first-order chi connectivity index (χ1) is 14.0. The van der Waals surface area contributed by atoms with Gasteiger partial charge in [-0.1, -0.05) is 0 Å². The van der Waals surface area contributed by atoms with Gasteiger partial charge in [-0.3, -0.25) is 4.79 Å². The second kappa shape index (κ2) is 8.63. The summed E-state index contributed by atoms with van der Waals surface area (Å²) in [5.74, 6) is 1.04. The van der Waals surface area contributed by atoms with Crippen LogP contribution in [0.2, 0.25) is 0 Å². The van der Waals surface area contributed by atoms with Gasteiger partial charge >= 0.3 is 0 Å². The summed E-state index contributed by atoms with van der Waals surface area (Å²) in [5, 5.41) is 1.67. The van der Waals surface area contributed by atoms with Gasteiger partial charge in [0.1, 0.15) is 15.6 Å². The van der Waals surface area contributed by atoms with Gasteiger partial charge in [0.2, 0.25) is 10.0 Å². The van der Waals surface area contributed by atoms with Crippen molar-refractivity contribution in [3.8, 4) is 0 Å². The van der Waals surface area contributed by atoms with E-state index in [4.69, 9.17) is 0 Å². The van der Waals surface area contributed by atoms with Crippen molar-refractivity contribution in [2.45, 2.75) is 4.90 Å². The van der Waals surface area contributed by atoms with Crippen molar-refractivity contribution in [3.63, 3.8) is 0 Å². The molecule has 6 nitrogen and oxygen atoms in total. The van der Waals surface area contributed by atoms with E-state index in [9.17, 15) is 17.6 Å². The van der Waals surface area contributed by atoms with Crippen LogP contribution in [-0.4, -0.2) is 74.3 Å². The van der Waals surface area contributed by atoms with Gasteiger partial charge in [-0.15, -0.1) is 11.3 Å². The zero-order valence-electron chi connectivity index (χ0n) is 15.8. The molecule has 3 heterocycles. The first kappa shape index (κ1) is 20.6. The number of sulfonamides is 1. The van der Waals surface area contributed by atoms with E-state index in [1.165, 1.54) is 27.8 Å². The molecule has 0 aliphatic carbocycles. The van der Waals surface area contributed by atoms with Crippen molar-refractivity contribution in [1.82, 2.24) is 9.21 Å². The maximum absolute atomic E-state index is 13.1. The summed E-state index contributed by atoms with van der Waals surface area (Å²) in [6.45, 7) is 3.18. The minimum Gasteiger partial charge on any atom is -0.368 e. The van der Waals surface area contributed by atoms with Gasteiger partial charge in [0.15, 0.2) is 0 Å². The zero-order valence-corrected chi connectivity index (χ0v) is 18.2. The molecule has 1 amide bonds. The lowest BCUT2D eigenvalue weighted by Gasteiger charge is -2.36. The third-order valence-electron chi connectivity index (χ3n) is 5.17. The fourth-order valence-electron chi connectivity index (χ4n) is 3.55. The summed E-state index contributed by atoms with van der Waals surface area (Å²) < 4.78 is 40.7. The Bertz CT molecular complexity index is 964. The Hall–Kier alpha value is -1.62. The SMILES string of the molecule is O=C(c1sccc1S(=O)(=O)N1CCSCC1)N1CCN(c2ccc(F)cc2)CC1. The van der Waals surface area contributed by atoms with Gasteiger partial charge < -0.3 is 9.80 Å². The number of hydrogen-bond donors (Lipinski definition) is 0. The van der Waals surface area contributed by atoms with Crippen LogP contribution in [0.3, 0.4) is 0 Å². The average molecular weight is 456 g/mol. The quantitative estimate of drug-likeness (QED) is 0.709. The van der Waals surface area contributed by atoms with Crippen molar-refractivity contribution in [2.24, 2.45) is 0 Å². The predicted octanol–water partition coefficient (Wildman–Crippen LogP) is 2.59. The molecule has 2 aliphatic heterocycles. The normalized spacial score (nSPS) is 18.8. The molecule has 2 aromatic rings. The summed E-state index contributed by atoms with van der Waals surface area (Å²) in [7, 11) is -3.65. The van der Waals surface area contributed by atoms with Gasteiger partial charge in [0.25, 0.3) is 5.91 Å². The zero-order chi connectivity index (χ0) is 20.4. The number of piperazine rings is 1. The molecule has 2 saturated heterocycles. The number of hydrogen-bond acceptors (Lipinski definition) is 6. The van der Waals surface area contributed by atoms with E-state index in [0.29, 0.717) is 44.1 Å². The lowest BCUT2D eigenvalue weighted by atomic mass is 10.2. The number of anilines is 1. The second-order valence-electron chi connectivity index (χ2n) is 6.89. The molecule has 0 saturated carbocycles. The van der Waals surface area contributed by atoms with Gasteiger partial charge in [0.05, 0.1) is 0 Å². The number of halogens is 1. The van der Waals surface area contributed by atoms with Crippen molar-refractivity contribution >= 4 is 44.7 Å². The highest BCUT2D eigenvalue weighted by Crippen LogP contribution is 2.29. The highest BCUT2D eigenvalue weighted by Gasteiger charge is 2.33. The lowest BCUT2D eigenvalue weighted by molar-refractivity contribution is 0.0748. The fraction of sp³-hybridized carbons (Fsp3) is 0.421. The molecular weight excluding hydrogens is 433 g/mol. The van der Waals surface area contributed by atoms with Gasteiger partial charge in [0, 0.05) is 56.5 Å². The summed E-state index contributed by atoms with van der Waals surface area (Å²) in [5.41, 5.74) is 0.917. The molecule has 1 aromatic carbocycles. The number of thioether (sulfide) groups is 1. The standard InChI is InChI=1S/C19H22FN3O3S3/c20-15-1-3-16(4-2-15)21-6-8-22(9-7-21)19(24)18-17(5-12-28-18)29(25,26)23-10-13-27-14-11-23/h1-5,12H,6-11,13-14H2. The summed E-state index contributed by atoms with van der Waals surface area (Å²) in [6.07, 6.45) is 0. The monoisotopic (exact) mass is 455 g/mol. The molecule has 1 aromatic heterocycles. The van der Waals surface area contributed by atoms with Crippen LogP contribution in [-0.2, 0) is 10.0 Å². The number of carbonyl (C=O) groups excluding carboxylic acids is 1. The number of amides is 1. The van der Waals surface area contributed by atoms with Crippen LogP contribution in [0.25, 0.3) is 0 Å². The van der Waals surface area contributed by atoms with Crippen molar-refractivity contribution in [3.05, 3.63) is 46.4 Å². The Balaban J connectivity index is 1.46. The Morgan fingerprint density at radius 3 is 2.24 bits per heavy atom. The van der Waals surface area contributed by atoms with Crippen molar-refractivity contribution < 1.29 is 17.6 Å². The second-order valence-corrected chi connectivity index (χ2v) is 10.9. The number of rotatable bonds is 4. The molecule has 4 rings (SSSR count). The molecule has 10 heteroatoms. The summed E-state index contributed by atoms with van der Waals surface area (Å²) in [6, 6.07) is 7.86. The maximum Gasteiger partial charge on any atom is 0.265 e. The Kier molecular flexibility index (Phi) is 6.14. The minimum atomic E-state index is -3.65. The first-order valence-corrected chi connectivity index (χ1v) is 12.9. The first-order valence-electron chi connectivity index (χ1n) is 9.42. The highest BCUT2D eigenvalue weighted by molar-refractivity contribution is 7.99. The smallest absolute Gasteiger partial charge is 0.265 e. The van der Waals surface area contributed by atoms with Crippen LogP contribution in [0.5, 0.6) is 0 Å². The third kappa shape index (κ3) is 4.30. The molecular formula is C19H22FN3O3S3. The number of thiophene rings is 1. The molecule has 156 valence electrons. The Labute approximate surface area is 178 Å². The molecule has 0 atom stereocenters.